The van der Waals surface area contributed by atoms with Crippen molar-refractivity contribution in [2.24, 2.45) is 5.92 Å². The molecule has 0 saturated heterocycles. The number of benzene rings is 1. The van der Waals surface area contributed by atoms with E-state index in [0.717, 1.165) is 30.8 Å². The van der Waals surface area contributed by atoms with Gasteiger partial charge in [0.05, 0.1) is 6.20 Å². The van der Waals surface area contributed by atoms with Gasteiger partial charge in [-0.05, 0) is 37.0 Å². The quantitative estimate of drug-likeness (QED) is 0.840. The number of ether oxygens (including phenoxy) is 1. The van der Waals surface area contributed by atoms with Crippen molar-refractivity contribution in [2.75, 3.05) is 13.2 Å². The van der Waals surface area contributed by atoms with Gasteiger partial charge >= 0.3 is 0 Å². The number of nitrogens with zero attached hydrogens (tertiary/aromatic N) is 2. The van der Waals surface area contributed by atoms with Gasteiger partial charge in [0.1, 0.15) is 30.0 Å². The third kappa shape index (κ3) is 4.39. The minimum atomic E-state index is -0.771. The zero-order valence-electron chi connectivity index (χ0n) is 14.7. The Morgan fingerprint density at radius 1 is 1.52 bits per heavy atom. The molecule has 0 aliphatic carbocycles. The highest BCUT2D eigenvalue weighted by Gasteiger charge is 2.22. The summed E-state index contributed by atoms with van der Waals surface area (Å²) in [5.74, 6) is 2.01. The summed E-state index contributed by atoms with van der Waals surface area (Å²) in [6.07, 6.45) is 2.86. The van der Waals surface area contributed by atoms with Crippen molar-refractivity contribution in [3.8, 4) is 5.75 Å². The number of aliphatic hydroxyl groups excluding tert-OH is 1. The minimum absolute atomic E-state index is 0.130. The molecule has 6 nitrogen and oxygen atoms in total. The third-order valence-corrected chi connectivity index (χ3v) is 4.46. The Balaban J connectivity index is 1.50. The number of hydrogen-bond acceptors (Lipinski definition) is 4. The Morgan fingerprint density at radius 3 is 3.16 bits per heavy atom. The van der Waals surface area contributed by atoms with Gasteiger partial charge in [-0.3, -0.25) is 4.79 Å². The molecule has 3 rings (SSSR count). The van der Waals surface area contributed by atoms with E-state index >= 15 is 0 Å². The fraction of sp³-hybridized carbons (Fsp3) is 0.474. The van der Waals surface area contributed by atoms with Crippen molar-refractivity contribution in [1.29, 1.82) is 0 Å². The van der Waals surface area contributed by atoms with Crippen LogP contribution in [-0.4, -0.2) is 39.8 Å². The highest BCUT2D eigenvalue weighted by Crippen LogP contribution is 2.20. The van der Waals surface area contributed by atoms with Gasteiger partial charge in [-0.2, -0.15) is 0 Å². The number of amides is 1. The van der Waals surface area contributed by atoms with E-state index in [2.05, 4.69) is 17.2 Å². The van der Waals surface area contributed by atoms with E-state index in [9.17, 15) is 9.90 Å². The van der Waals surface area contributed by atoms with Gasteiger partial charge in [0.2, 0.25) is 0 Å². The second kappa shape index (κ2) is 7.70. The molecule has 25 heavy (non-hydrogen) atoms. The molecule has 1 aromatic heterocycles. The average molecular weight is 343 g/mol. The molecule has 1 aromatic carbocycles. The van der Waals surface area contributed by atoms with E-state index in [0.29, 0.717) is 17.4 Å². The molecule has 134 valence electrons. The molecule has 0 bridgehead atoms. The van der Waals surface area contributed by atoms with E-state index in [1.165, 1.54) is 0 Å². The maximum atomic E-state index is 12.4. The molecule has 2 atom stereocenters. The van der Waals surface area contributed by atoms with Crippen molar-refractivity contribution in [1.82, 2.24) is 14.9 Å². The van der Waals surface area contributed by atoms with Crippen LogP contribution < -0.4 is 10.1 Å². The van der Waals surface area contributed by atoms with Crippen LogP contribution in [0.3, 0.4) is 0 Å². The monoisotopic (exact) mass is 343 g/mol. The van der Waals surface area contributed by atoms with Gasteiger partial charge in [0.25, 0.3) is 5.91 Å². The van der Waals surface area contributed by atoms with Gasteiger partial charge in [0.15, 0.2) is 0 Å². The molecule has 6 heteroatoms. The summed E-state index contributed by atoms with van der Waals surface area (Å²) >= 11 is 0. The molecule has 2 heterocycles. The van der Waals surface area contributed by atoms with E-state index in [1.807, 2.05) is 35.8 Å². The highest BCUT2D eigenvalue weighted by atomic mass is 16.5. The predicted octanol–water partition coefficient (Wildman–Crippen LogP) is 1.94. The number of aromatic nitrogens is 2. The topological polar surface area (TPSA) is 76.4 Å². The van der Waals surface area contributed by atoms with Crippen LogP contribution in [-0.2, 0) is 13.0 Å². The number of carbonyl (C=O) groups is 1. The first-order chi connectivity index (χ1) is 12.0. The number of nitrogens with one attached hydrogen (secondary N) is 1. The lowest BCUT2D eigenvalue weighted by molar-refractivity contribution is 0.0834. The maximum Gasteiger partial charge on any atom is 0.269 e. The van der Waals surface area contributed by atoms with E-state index in [4.69, 9.17) is 4.74 Å². The van der Waals surface area contributed by atoms with E-state index < -0.39 is 6.10 Å². The Hall–Kier alpha value is -2.34. The summed E-state index contributed by atoms with van der Waals surface area (Å²) in [4.78, 5) is 16.7. The van der Waals surface area contributed by atoms with Crippen LogP contribution >= 0.6 is 0 Å². The van der Waals surface area contributed by atoms with Gasteiger partial charge in [0, 0.05) is 19.5 Å². The Kier molecular flexibility index (Phi) is 5.38. The first kappa shape index (κ1) is 17.5. The Bertz CT molecular complexity index is 741. The summed E-state index contributed by atoms with van der Waals surface area (Å²) in [6.45, 7) is 5.25. The Labute approximate surface area is 147 Å². The predicted molar refractivity (Wildman–Crippen MR) is 94.7 cm³/mol. The fourth-order valence-corrected chi connectivity index (χ4v) is 3.03. The van der Waals surface area contributed by atoms with Crippen molar-refractivity contribution in [2.45, 2.75) is 39.3 Å². The first-order valence-electron chi connectivity index (χ1n) is 8.73. The van der Waals surface area contributed by atoms with E-state index in [1.54, 1.807) is 6.20 Å². The molecule has 2 unspecified atom stereocenters. The maximum absolute atomic E-state index is 12.4. The lowest BCUT2D eigenvalue weighted by atomic mass is 10.0. The zero-order chi connectivity index (χ0) is 17.8. The standard InChI is InChI=1S/C19H25N3O3/c1-13-4-3-5-16(8-13)25-12-15(23)9-21-19(24)17-10-20-18-7-6-14(2)11-22(17)18/h3-5,8,10,14-15,23H,6-7,9,11-12H2,1-2H3,(H,21,24). The molecule has 0 saturated carbocycles. The minimum Gasteiger partial charge on any atom is -0.491 e. The lowest BCUT2D eigenvalue weighted by Gasteiger charge is -2.22. The van der Waals surface area contributed by atoms with Crippen LogP contribution in [0.2, 0.25) is 0 Å². The van der Waals surface area contributed by atoms with Crippen molar-refractivity contribution < 1.29 is 14.6 Å². The fourth-order valence-electron chi connectivity index (χ4n) is 3.03. The number of aryl methyl sites for hydroxylation is 2. The molecular formula is C19H25N3O3. The van der Waals surface area contributed by atoms with Crippen LogP contribution in [0.1, 0.15) is 35.2 Å². The molecule has 2 N–H and O–H groups in total. The molecule has 0 radical (unpaired) electrons. The van der Waals surface area contributed by atoms with Crippen LogP contribution in [0, 0.1) is 12.8 Å². The van der Waals surface area contributed by atoms with E-state index in [-0.39, 0.29) is 19.1 Å². The first-order valence-corrected chi connectivity index (χ1v) is 8.73. The van der Waals surface area contributed by atoms with Crippen molar-refractivity contribution in [3.05, 3.63) is 47.5 Å². The largest absolute Gasteiger partial charge is 0.491 e. The lowest BCUT2D eigenvalue weighted by Crippen LogP contribution is -2.36. The second-order valence-corrected chi connectivity index (χ2v) is 6.81. The van der Waals surface area contributed by atoms with Crippen molar-refractivity contribution in [3.63, 3.8) is 0 Å². The molecule has 0 fully saturated rings. The normalized spacial score (nSPS) is 17.6. The number of hydrogen-bond donors (Lipinski definition) is 2. The number of imidazole rings is 1. The highest BCUT2D eigenvalue weighted by molar-refractivity contribution is 5.92. The van der Waals surface area contributed by atoms with Gasteiger partial charge in [-0.1, -0.05) is 19.1 Å². The molecule has 1 aliphatic rings. The van der Waals surface area contributed by atoms with Crippen LogP contribution in [0.5, 0.6) is 5.75 Å². The smallest absolute Gasteiger partial charge is 0.269 e. The second-order valence-electron chi connectivity index (χ2n) is 6.81. The number of fused-ring (bicyclic) bond motifs is 1. The number of rotatable bonds is 6. The molecule has 2 aromatic rings. The average Bonchev–Trinajstić information content (AvgIpc) is 3.01. The SMILES string of the molecule is Cc1cccc(OCC(O)CNC(=O)c2cnc3n2CC(C)CC3)c1. The third-order valence-electron chi connectivity index (χ3n) is 4.46. The summed E-state index contributed by atoms with van der Waals surface area (Å²) in [6, 6.07) is 7.64. The summed E-state index contributed by atoms with van der Waals surface area (Å²) in [7, 11) is 0. The zero-order valence-corrected chi connectivity index (χ0v) is 14.7. The number of carbonyl (C=O) groups excluding carboxylic acids is 1. The summed E-state index contributed by atoms with van der Waals surface area (Å²) in [5, 5.41) is 12.8. The molecule has 1 amide bonds. The molecule has 1 aliphatic heterocycles. The Morgan fingerprint density at radius 2 is 2.36 bits per heavy atom. The van der Waals surface area contributed by atoms with Crippen LogP contribution in [0.15, 0.2) is 30.5 Å². The molecular weight excluding hydrogens is 318 g/mol. The summed E-state index contributed by atoms with van der Waals surface area (Å²) < 4.78 is 7.54. The van der Waals surface area contributed by atoms with Gasteiger partial charge in [-0.25, -0.2) is 4.98 Å². The van der Waals surface area contributed by atoms with Crippen molar-refractivity contribution >= 4 is 5.91 Å². The van der Waals surface area contributed by atoms with Gasteiger partial charge in [-0.15, -0.1) is 0 Å². The van der Waals surface area contributed by atoms with Crippen LogP contribution in [0.4, 0.5) is 0 Å². The van der Waals surface area contributed by atoms with Gasteiger partial charge < -0.3 is 19.7 Å². The van der Waals surface area contributed by atoms with Crippen LogP contribution in [0.25, 0.3) is 0 Å². The number of aliphatic hydroxyl groups is 1. The summed E-state index contributed by atoms with van der Waals surface area (Å²) in [5.41, 5.74) is 1.66. The molecule has 0 spiro atoms.